The zero-order chi connectivity index (χ0) is 21.6. The molecule has 0 radical (unpaired) electrons. The number of hydrogen-bond donors (Lipinski definition) is 1. The van der Waals surface area contributed by atoms with Crippen molar-refractivity contribution in [3.05, 3.63) is 65.2 Å². The Hall–Kier alpha value is -1.84. The highest BCUT2D eigenvalue weighted by Gasteiger charge is 2.29. The van der Waals surface area contributed by atoms with Crippen molar-refractivity contribution >= 4 is 0 Å². The molecule has 0 aliphatic carbocycles. The second kappa shape index (κ2) is 10.3. The Morgan fingerprint density at radius 3 is 2.17 bits per heavy atom. The third kappa shape index (κ3) is 6.07. The maximum atomic E-state index is 9.68. The average Bonchev–Trinajstić information content (AvgIpc) is 2.70. The van der Waals surface area contributed by atoms with Gasteiger partial charge in [-0.3, -0.25) is 4.90 Å². The second-order valence-electron chi connectivity index (χ2n) is 9.36. The average molecular weight is 398 g/mol. The molecular weight excluding hydrogens is 358 g/mol. The molecule has 0 heterocycles. The van der Waals surface area contributed by atoms with Crippen LogP contribution >= 0.6 is 0 Å². The zero-order valence-corrected chi connectivity index (χ0v) is 19.3. The number of aliphatic hydroxyl groups is 1. The molecule has 3 heteroatoms. The van der Waals surface area contributed by atoms with Crippen LogP contribution in [-0.4, -0.2) is 35.7 Å². The van der Waals surface area contributed by atoms with E-state index in [1.54, 1.807) is 7.11 Å². The molecule has 0 saturated heterocycles. The van der Waals surface area contributed by atoms with E-state index in [9.17, 15) is 5.11 Å². The Balaban J connectivity index is 2.41. The summed E-state index contributed by atoms with van der Waals surface area (Å²) >= 11 is 0. The van der Waals surface area contributed by atoms with Gasteiger partial charge in [0.05, 0.1) is 13.7 Å². The van der Waals surface area contributed by atoms with Gasteiger partial charge in [0, 0.05) is 23.6 Å². The third-order valence-electron chi connectivity index (χ3n) is 6.14. The van der Waals surface area contributed by atoms with Crippen LogP contribution in [0.4, 0.5) is 0 Å². The van der Waals surface area contributed by atoms with Crippen molar-refractivity contribution in [2.75, 3.05) is 13.7 Å². The highest BCUT2D eigenvalue weighted by atomic mass is 16.5. The molecule has 2 unspecified atom stereocenters. The van der Waals surface area contributed by atoms with Crippen LogP contribution in [0, 0.1) is 5.41 Å². The summed E-state index contributed by atoms with van der Waals surface area (Å²) in [6.45, 7) is 14.9. The van der Waals surface area contributed by atoms with Crippen LogP contribution in [0.1, 0.15) is 70.6 Å². The molecule has 0 aliphatic heterocycles. The largest absolute Gasteiger partial charge is 0.496 e. The van der Waals surface area contributed by atoms with E-state index in [0.29, 0.717) is 12.1 Å². The van der Waals surface area contributed by atoms with Gasteiger partial charge in [-0.05, 0) is 62.4 Å². The number of nitrogens with zero attached hydrogens (tertiary/aromatic N) is 1. The quantitative estimate of drug-likeness (QED) is 0.576. The Kier molecular flexibility index (Phi) is 8.30. The molecule has 3 nitrogen and oxygen atoms in total. The van der Waals surface area contributed by atoms with Gasteiger partial charge < -0.3 is 9.84 Å². The van der Waals surface area contributed by atoms with E-state index in [1.165, 1.54) is 5.56 Å². The summed E-state index contributed by atoms with van der Waals surface area (Å²) in [5.74, 6) is 1.10. The molecular formula is C26H39NO2. The maximum absolute atomic E-state index is 9.68. The molecule has 0 fully saturated rings. The molecule has 160 valence electrons. The highest BCUT2D eigenvalue weighted by molar-refractivity contribution is 5.44. The number of ether oxygens (including phenoxy) is 1. The van der Waals surface area contributed by atoms with Crippen LogP contribution in [0.3, 0.4) is 0 Å². The normalized spacial score (nSPS) is 14.3. The van der Waals surface area contributed by atoms with Crippen molar-refractivity contribution in [2.45, 2.75) is 72.6 Å². The van der Waals surface area contributed by atoms with Gasteiger partial charge in [0.25, 0.3) is 0 Å². The molecule has 0 amide bonds. The fraction of sp³-hybridized carbons (Fsp3) is 0.538. The smallest absolute Gasteiger partial charge is 0.122 e. The summed E-state index contributed by atoms with van der Waals surface area (Å²) in [6, 6.07) is 17.6. The molecule has 2 rings (SSSR count). The Morgan fingerprint density at radius 1 is 1.00 bits per heavy atom. The van der Waals surface area contributed by atoms with Crippen LogP contribution in [0.25, 0.3) is 0 Å². The van der Waals surface area contributed by atoms with Crippen LogP contribution in [0.2, 0.25) is 0 Å². The Morgan fingerprint density at radius 2 is 1.66 bits per heavy atom. The van der Waals surface area contributed by atoms with Gasteiger partial charge in [-0.1, -0.05) is 57.2 Å². The van der Waals surface area contributed by atoms with Crippen molar-refractivity contribution in [2.24, 2.45) is 5.41 Å². The molecule has 29 heavy (non-hydrogen) atoms. The number of hydrogen-bond acceptors (Lipinski definition) is 3. The predicted molar refractivity (Wildman–Crippen MR) is 123 cm³/mol. The molecule has 0 aromatic heterocycles. The summed E-state index contributed by atoms with van der Waals surface area (Å²) in [5.41, 5.74) is 3.58. The fourth-order valence-electron chi connectivity index (χ4n) is 4.02. The topological polar surface area (TPSA) is 32.7 Å². The zero-order valence-electron chi connectivity index (χ0n) is 19.3. The van der Waals surface area contributed by atoms with Gasteiger partial charge >= 0.3 is 0 Å². The summed E-state index contributed by atoms with van der Waals surface area (Å²) in [4.78, 5) is 2.61. The van der Waals surface area contributed by atoms with E-state index in [1.807, 2.05) is 12.1 Å². The van der Waals surface area contributed by atoms with Crippen molar-refractivity contribution in [1.29, 1.82) is 0 Å². The minimum Gasteiger partial charge on any atom is -0.496 e. The minimum absolute atomic E-state index is 0.0394. The van der Waals surface area contributed by atoms with Gasteiger partial charge in [-0.15, -0.1) is 0 Å². The molecule has 0 bridgehead atoms. The molecule has 2 aromatic rings. The molecule has 0 spiro atoms. The second-order valence-corrected chi connectivity index (χ2v) is 9.36. The monoisotopic (exact) mass is 397 g/mol. The van der Waals surface area contributed by atoms with Crippen molar-refractivity contribution in [3.8, 4) is 5.75 Å². The van der Waals surface area contributed by atoms with Gasteiger partial charge in [0.2, 0.25) is 0 Å². The lowest BCUT2D eigenvalue weighted by atomic mass is 9.84. The van der Waals surface area contributed by atoms with Gasteiger partial charge in [-0.25, -0.2) is 0 Å². The summed E-state index contributed by atoms with van der Waals surface area (Å²) in [7, 11) is 1.72. The summed E-state index contributed by atoms with van der Waals surface area (Å²) in [6.07, 6.45) is 0.994. The Bertz CT molecular complexity index is 749. The lowest BCUT2D eigenvalue weighted by Gasteiger charge is -2.41. The molecule has 0 saturated carbocycles. The van der Waals surface area contributed by atoms with Crippen molar-refractivity contribution in [3.63, 3.8) is 0 Å². The highest BCUT2D eigenvalue weighted by Crippen LogP contribution is 2.36. The van der Waals surface area contributed by atoms with Gasteiger partial charge in [0.15, 0.2) is 0 Å². The van der Waals surface area contributed by atoms with Crippen molar-refractivity contribution in [1.82, 2.24) is 4.90 Å². The molecule has 2 aromatic carbocycles. The van der Waals surface area contributed by atoms with E-state index in [0.717, 1.165) is 29.8 Å². The summed E-state index contributed by atoms with van der Waals surface area (Å²) in [5, 5.41) is 9.68. The van der Waals surface area contributed by atoms with Crippen LogP contribution in [0.15, 0.2) is 48.5 Å². The third-order valence-corrected chi connectivity index (χ3v) is 6.14. The first-order valence-corrected chi connectivity index (χ1v) is 10.8. The fourth-order valence-corrected chi connectivity index (χ4v) is 4.02. The number of rotatable bonds is 9. The maximum Gasteiger partial charge on any atom is 0.122 e. The van der Waals surface area contributed by atoms with Crippen LogP contribution in [0.5, 0.6) is 5.75 Å². The SMILES string of the molecule is COc1ccc(CO)cc1C(CCN(C(C)C)C(C)C(C)(C)C)c1ccccc1. The lowest BCUT2D eigenvalue weighted by molar-refractivity contribution is 0.0807. The standard InChI is InChI=1S/C26H39NO2/c1-19(2)27(20(3)26(4,5)6)16-15-23(22-11-9-8-10-12-22)24-17-21(18-28)13-14-25(24)29-7/h8-14,17,19-20,23,28H,15-16,18H2,1-7H3. The number of methoxy groups -OCH3 is 1. The molecule has 0 aliphatic rings. The number of benzene rings is 2. The van der Waals surface area contributed by atoms with E-state index < -0.39 is 0 Å². The first-order chi connectivity index (χ1) is 13.7. The Labute approximate surface area is 177 Å². The van der Waals surface area contributed by atoms with E-state index in [4.69, 9.17) is 4.74 Å². The van der Waals surface area contributed by atoms with Gasteiger partial charge in [-0.2, -0.15) is 0 Å². The molecule has 1 N–H and O–H groups in total. The predicted octanol–water partition coefficient (Wildman–Crippen LogP) is 5.85. The van der Waals surface area contributed by atoms with E-state index >= 15 is 0 Å². The summed E-state index contributed by atoms with van der Waals surface area (Å²) < 4.78 is 5.71. The van der Waals surface area contributed by atoms with Crippen LogP contribution in [-0.2, 0) is 6.61 Å². The van der Waals surface area contributed by atoms with E-state index in [-0.39, 0.29) is 17.9 Å². The van der Waals surface area contributed by atoms with E-state index in [2.05, 4.69) is 82.8 Å². The first-order valence-electron chi connectivity index (χ1n) is 10.8. The molecule has 2 atom stereocenters. The lowest BCUT2D eigenvalue weighted by Crippen LogP contribution is -2.46. The van der Waals surface area contributed by atoms with Crippen LogP contribution < -0.4 is 4.74 Å². The minimum atomic E-state index is 0.0394. The van der Waals surface area contributed by atoms with Crippen molar-refractivity contribution < 1.29 is 9.84 Å². The van der Waals surface area contributed by atoms with Gasteiger partial charge in [0.1, 0.15) is 5.75 Å². The number of aliphatic hydroxyl groups excluding tert-OH is 1. The first kappa shape index (κ1) is 23.4.